The molecule has 6 nitrogen and oxygen atoms in total. The van der Waals surface area contributed by atoms with Gasteiger partial charge in [-0.3, -0.25) is 14.5 Å². The van der Waals surface area contributed by atoms with Gasteiger partial charge in [-0.25, -0.2) is 4.79 Å². The Morgan fingerprint density at radius 1 is 1.29 bits per heavy atom. The van der Waals surface area contributed by atoms with E-state index in [2.05, 4.69) is 15.9 Å². The van der Waals surface area contributed by atoms with Crippen LogP contribution >= 0.6 is 15.9 Å². The van der Waals surface area contributed by atoms with Gasteiger partial charge in [0, 0.05) is 4.47 Å². The Morgan fingerprint density at radius 3 is 2.67 bits per heavy atom. The number of hydrogen-bond acceptors (Lipinski definition) is 4. The van der Waals surface area contributed by atoms with Crippen LogP contribution in [0.3, 0.4) is 0 Å². The molecule has 2 heterocycles. The van der Waals surface area contributed by atoms with Crippen molar-refractivity contribution < 1.29 is 24.2 Å². The molecule has 110 valence electrons. The highest BCUT2D eigenvalue weighted by atomic mass is 79.9. The fourth-order valence-corrected chi connectivity index (χ4v) is 3.02. The number of carbonyl (C=O) groups excluding carboxylic acids is 2. The van der Waals surface area contributed by atoms with E-state index in [1.54, 1.807) is 18.2 Å². The lowest BCUT2D eigenvalue weighted by Crippen LogP contribution is -2.37. The van der Waals surface area contributed by atoms with Gasteiger partial charge in [-0.05, 0) is 31.0 Å². The van der Waals surface area contributed by atoms with Crippen LogP contribution < -0.4 is 0 Å². The Kier molecular flexibility index (Phi) is 3.54. The number of rotatable bonds is 3. The number of carboxylic acid groups (broad SMARTS) is 1. The number of carbonyl (C=O) groups is 3. The molecule has 1 N–H and O–H groups in total. The number of benzene rings is 1. The lowest BCUT2D eigenvalue weighted by molar-refractivity contribution is -0.149. The Hall–Kier alpha value is -1.73. The molecule has 1 aromatic rings. The van der Waals surface area contributed by atoms with Gasteiger partial charge in [-0.15, -0.1) is 0 Å². The molecule has 0 aliphatic carbocycles. The van der Waals surface area contributed by atoms with Crippen molar-refractivity contribution in [2.24, 2.45) is 0 Å². The molecule has 0 spiro atoms. The van der Waals surface area contributed by atoms with Crippen LogP contribution in [0.2, 0.25) is 0 Å². The van der Waals surface area contributed by atoms with Crippen LogP contribution in [0.5, 0.6) is 0 Å². The molecule has 2 aliphatic heterocycles. The van der Waals surface area contributed by atoms with Gasteiger partial charge in [0.25, 0.3) is 11.8 Å². The summed E-state index contributed by atoms with van der Waals surface area (Å²) in [6.07, 6.45) is -0.348. The minimum Gasteiger partial charge on any atom is -0.479 e. The van der Waals surface area contributed by atoms with E-state index in [1.165, 1.54) is 0 Å². The normalized spacial score (nSPS) is 24.5. The Morgan fingerprint density at radius 2 is 2.00 bits per heavy atom. The van der Waals surface area contributed by atoms with Crippen molar-refractivity contribution in [3.05, 3.63) is 33.8 Å². The van der Waals surface area contributed by atoms with Gasteiger partial charge in [0.15, 0.2) is 6.10 Å². The van der Waals surface area contributed by atoms with E-state index in [9.17, 15) is 14.4 Å². The van der Waals surface area contributed by atoms with Crippen molar-refractivity contribution >= 4 is 33.7 Å². The van der Waals surface area contributed by atoms with Crippen LogP contribution in [0.15, 0.2) is 22.7 Å². The first-order valence-corrected chi connectivity index (χ1v) is 7.30. The lowest BCUT2D eigenvalue weighted by Gasteiger charge is -2.18. The van der Waals surface area contributed by atoms with Crippen molar-refractivity contribution in [1.29, 1.82) is 0 Å². The molecule has 1 aromatic carbocycles. The van der Waals surface area contributed by atoms with Crippen LogP contribution in [0, 0.1) is 0 Å². The van der Waals surface area contributed by atoms with E-state index in [0.717, 1.165) is 9.37 Å². The first-order valence-electron chi connectivity index (χ1n) is 6.51. The average molecular weight is 354 g/mol. The zero-order valence-corrected chi connectivity index (χ0v) is 12.5. The number of carboxylic acids is 1. The molecule has 7 heteroatoms. The van der Waals surface area contributed by atoms with Gasteiger partial charge >= 0.3 is 5.97 Å². The van der Waals surface area contributed by atoms with Crippen molar-refractivity contribution in [1.82, 2.24) is 4.90 Å². The molecule has 1 fully saturated rings. The lowest BCUT2D eigenvalue weighted by atomic mass is 10.1. The third-order valence-corrected chi connectivity index (χ3v) is 4.20. The van der Waals surface area contributed by atoms with Gasteiger partial charge in [-0.2, -0.15) is 0 Å². The summed E-state index contributed by atoms with van der Waals surface area (Å²) >= 11 is 3.27. The van der Waals surface area contributed by atoms with Gasteiger partial charge < -0.3 is 9.84 Å². The van der Waals surface area contributed by atoms with Crippen molar-refractivity contribution in [2.75, 3.05) is 6.54 Å². The predicted molar refractivity (Wildman–Crippen MR) is 75.0 cm³/mol. The van der Waals surface area contributed by atoms with Gasteiger partial charge in [-0.1, -0.05) is 15.9 Å². The summed E-state index contributed by atoms with van der Waals surface area (Å²) < 4.78 is 6.08. The SMILES string of the molecule is O=C(O)C1CCC(CN2C(=O)c3ccc(Br)cc3C2=O)O1. The minimum atomic E-state index is -1.01. The fraction of sp³-hybridized carbons (Fsp3) is 0.357. The second kappa shape index (κ2) is 5.23. The van der Waals surface area contributed by atoms with E-state index in [0.29, 0.717) is 24.0 Å². The van der Waals surface area contributed by atoms with Gasteiger partial charge in [0.05, 0.1) is 23.8 Å². The van der Waals surface area contributed by atoms with E-state index >= 15 is 0 Å². The number of hydrogen-bond donors (Lipinski definition) is 1. The maximum Gasteiger partial charge on any atom is 0.332 e. The van der Waals surface area contributed by atoms with Crippen molar-refractivity contribution in [3.63, 3.8) is 0 Å². The fourth-order valence-electron chi connectivity index (χ4n) is 2.65. The van der Waals surface area contributed by atoms with Crippen LogP contribution in [-0.2, 0) is 9.53 Å². The maximum absolute atomic E-state index is 12.3. The first kappa shape index (κ1) is 14.2. The largest absolute Gasteiger partial charge is 0.479 e. The minimum absolute atomic E-state index is 0.0910. The molecule has 2 amide bonds. The zero-order valence-electron chi connectivity index (χ0n) is 10.9. The third-order valence-electron chi connectivity index (χ3n) is 3.70. The molecule has 21 heavy (non-hydrogen) atoms. The smallest absolute Gasteiger partial charge is 0.332 e. The summed E-state index contributed by atoms with van der Waals surface area (Å²) in [5.41, 5.74) is 0.734. The van der Waals surface area contributed by atoms with Crippen LogP contribution in [0.25, 0.3) is 0 Å². The first-order chi connectivity index (χ1) is 9.97. The highest BCUT2D eigenvalue weighted by Gasteiger charge is 2.39. The Bertz CT molecular complexity index is 644. The number of nitrogens with zero attached hydrogens (tertiary/aromatic N) is 1. The molecule has 0 saturated carbocycles. The molecule has 2 atom stereocenters. The number of imide groups is 1. The molecule has 1 saturated heterocycles. The molecule has 0 aromatic heterocycles. The van der Waals surface area contributed by atoms with Crippen molar-refractivity contribution in [2.45, 2.75) is 25.0 Å². The second-order valence-corrected chi connectivity index (χ2v) is 5.99. The monoisotopic (exact) mass is 353 g/mol. The predicted octanol–water partition coefficient (Wildman–Crippen LogP) is 1.68. The molecule has 0 radical (unpaired) electrons. The molecule has 0 bridgehead atoms. The number of ether oxygens (including phenoxy) is 1. The summed E-state index contributed by atoms with van der Waals surface area (Å²) in [5.74, 6) is -1.73. The molecule has 2 unspecified atom stereocenters. The quantitative estimate of drug-likeness (QED) is 0.835. The summed E-state index contributed by atoms with van der Waals surface area (Å²) in [5, 5.41) is 8.89. The zero-order chi connectivity index (χ0) is 15.1. The number of aliphatic carboxylic acids is 1. The summed E-state index contributed by atoms with van der Waals surface area (Å²) in [4.78, 5) is 36.5. The molecule has 2 aliphatic rings. The summed E-state index contributed by atoms with van der Waals surface area (Å²) in [6.45, 7) is 0.0910. The number of amides is 2. The van der Waals surface area contributed by atoms with Gasteiger partial charge in [0.2, 0.25) is 0 Å². The third kappa shape index (κ3) is 2.47. The highest BCUT2D eigenvalue weighted by Crippen LogP contribution is 2.28. The summed E-state index contributed by atoms with van der Waals surface area (Å²) in [7, 11) is 0. The molecular weight excluding hydrogens is 342 g/mol. The van der Waals surface area contributed by atoms with E-state index in [-0.39, 0.29) is 18.4 Å². The number of halogens is 1. The summed E-state index contributed by atoms with van der Waals surface area (Å²) in [6, 6.07) is 4.93. The maximum atomic E-state index is 12.3. The molecule has 3 rings (SSSR count). The van der Waals surface area contributed by atoms with E-state index in [4.69, 9.17) is 9.84 Å². The highest BCUT2D eigenvalue weighted by molar-refractivity contribution is 9.10. The average Bonchev–Trinajstić information content (AvgIpc) is 2.99. The van der Waals surface area contributed by atoms with Gasteiger partial charge in [0.1, 0.15) is 0 Å². The van der Waals surface area contributed by atoms with E-state index < -0.39 is 18.2 Å². The van der Waals surface area contributed by atoms with Crippen LogP contribution in [-0.4, -0.2) is 46.5 Å². The van der Waals surface area contributed by atoms with Crippen LogP contribution in [0.4, 0.5) is 0 Å². The molecular formula is C14H12BrNO5. The number of fused-ring (bicyclic) bond motifs is 1. The standard InChI is InChI=1S/C14H12BrNO5/c15-7-1-3-9-10(5-7)13(18)16(12(9)17)6-8-2-4-11(21-8)14(19)20/h1,3,5,8,11H,2,4,6H2,(H,19,20). The Balaban J connectivity index is 1.75. The Labute approximate surface area is 128 Å². The van der Waals surface area contributed by atoms with Crippen molar-refractivity contribution in [3.8, 4) is 0 Å². The second-order valence-electron chi connectivity index (χ2n) is 5.07. The topological polar surface area (TPSA) is 83.9 Å². The van der Waals surface area contributed by atoms with Crippen LogP contribution in [0.1, 0.15) is 33.6 Å². The van der Waals surface area contributed by atoms with E-state index in [1.807, 2.05) is 0 Å².